The third-order valence-electron chi connectivity index (χ3n) is 6.08. The van der Waals surface area contributed by atoms with Crippen LogP contribution in [0.2, 0.25) is 0 Å². The van der Waals surface area contributed by atoms with Crippen LogP contribution in [0.15, 0.2) is 84.9 Å². The first-order chi connectivity index (χ1) is 13.6. The highest BCUT2D eigenvalue weighted by Gasteiger charge is 2.54. The molecule has 1 amide bonds. The van der Waals surface area contributed by atoms with Gasteiger partial charge in [-0.25, -0.2) is 5.01 Å². The number of hydrazine groups is 1. The summed E-state index contributed by atoms with van der Waals surface area (Å²) in [4.78, 5) is 13.5. The Kier molecular flexibility index (Phi) is 3.80. The van der Waals surface area contributed by atoms with Crippen molar-refractivity contribution in [3.63, 3.8) is 0 Å². The average molecular weight is 368 g/mol. The van der Waals surface area contributed by atoms with E-state index in [0.29, 0.717) is 0 Å². The smallest absolute Gasteiger partial charge is 0.247 e. The van der Waals surface area contributed by atoms with Crippen LogP contribution in [0.4, 0.5) is 11.4 Å². The summed E-state index contributed by atoms with van der Waals surface area (Å²) >= 11 is 0. The maximum absolute atomic E-state index is 13.5. The van der Waals surface area contributed by atoms with E-state index in [1.54, 1.807) is 0 Å². The topological polar surface area (TPSA) is 23.6 Å². The predicted octanol–water partition coefficient (Wildman–Crippen LogP) is 5.51. The fraction of sp³-hybridized carbons (Fsp3) is 0.240. The van der Waals surface area contributed by atoms with Crippen LogP contribution in [0.5, 0.6) is 0 Å². The Morgan fingerprint density at radius 3 is 2.14 bits per heavy atom. The minimum atomic E-state index is -0.382. The Bertz CT molecular complexity index is 1010. The van der Waals surface area contributed by atoms with Gasteiger partial charge in [0.2, 0.25) is 5.91 Å². The highest BCUT2D eigenvalue weighted by molar-refractivity contribution is 5.90. The minimum absolute atomic E-state index is 0.0972. The normalized spacial score (nSPS) is 22.7. The summed E-state index contributed by atoms with van der Waals surface area (Å²) in [5.74, 6) is 0.361. The Balaban J connectivity index is 1.77. The van der Waals surface area contributed by atoms with Gasteiger partial charge in [-0.05, 0) is 35.7 Å². The lowest BCUT2D eigenvalue weighted by atomic mass is 9.78. The number of carbonyl (C=O) groups is 1. The van der Waals surface area contributed by atoms with Gasteiger partial charge in [-0.2, -0.15) is 0 Å². The lowest BCUT2D eigenvalue weighted by Crippen LogP contribution is -2.52. The van der Waals surface area contributed by atoms with Crippen LogP contribution in [-0.2, 0) is 4.79 Å². The van der Waals surface area contributed by atoms with E-state index < -0.39 is 0 Å². The predicted molar refractivity (Wildman–Crippen MR) is 112 cm³/mol. The van der Waals surface area contributed by atoms with Gasteiger partial charge in [0.05, 0.1) is 17.4 Å². The van der Waals surface area contributed by atoms with Crippen LogP contribution < -0.4 is 5.01 Å². The zero-order chi connectivity index (χ0) is 19.3. The van der Waals surface area contributed by atoms with Gasteiger partial charge < -0.3 is 0 Å². The molecule has 3 aromatic rings. The fourth-order valence-corrected chi connectivity index (χ4v) is 4.82. The van der Waals surface area contributed by atoms with Crippen LogP contribution in [-0.4, -0.2) is 17.0 Å². The number of benzene rings is 3. The molecule has 0 bridgehead atoms. The summed E-state index contributed by atoms with van der Waals surface area (Å²) in [5.41, 5.74) is 4.28. The van der Waals surface area contributed by atoms with Gasteiger partial charge in [0.15, 0.2) is 0 Å². The molecule has 140 valence electrons. The number of nitrogens with zero attached hydrogens (tertiary/aromatic N) is 2. The Labute approximate surface area is 166 Å². The number of hydrogen-bond donors (Lipinski definition) is 0. The molecular formula is C25H24N2O. The van der Waals surface area contributed by atoms with Gasteiger partial charge in [-0.15, -0.1) is 0 Å². The molecule has 2 atom stereocenters. The zero-order valence-electron chi connectivity index (χ0n) is 16.2. The average Bonchev–Trinajstić information content (AvgIpc) is 2.96. The van der Waals surface area contributed by atoms with E-state index in [0.717, 1.165) is 17.8 Å². The van der Waals surface area contributed by atoms with E-state index in [1.807, 2.05) is 23.2 Å². The largest absolute Gasteiger partial charge is 0.272 e. The molecule has 2 aliphatic rings. The van der Waals surface area contributed by atoms with Crippen molar-refractivity contribution in [3.8, 4) is 0 Å². The summed E-state index contributed by atoms with van der Waals surface area (Å²) in [5, 5.41) is 4.16. The summed E-state index contributed by atoms with van der Waals surface area (Å²) < 4.78 is 0. The van der Waals surface area contributed by atoms with Gasteiger partial charge >= 0.3 is 0 Å². The number of anilines is 2. The summed E-state index contributed by atoms with van der Waals surface area (Å²) in [6.45, 7) is 4.15. The van der Waals surface area contributed by atoms with Gasteiger partial charge in [-0.3, -0.25) is 9.80 Å². The first-order valence-electron chi connectivity index (χ1n) is 9.90. The number of rotatable bonds is 2. The van der Waals surface area contributed by atoms with E-state index >= 15 is 0 Å². The number of para-hydroxylation sites is 2. The molecule has 3 aromatic carbocycles. The lowest BCUT2D eigenvalue weighted by molar-refractivity contribution is -0.135. The Morgan fingerprint density at radius 2 is 1.43 bits per heavy atom. The van der Waals surface area contributed by atoms with Crippen LogP contribution in [0.3, 0.4) is 0 Å². The van der Waals surface area contributed by atoms with E-state index in [-0.39, 0.29) is 23.3 Å². The van der Waals surface area contributed by atoms with Crippen LogP contribution in [0, 0.1) is 5.41 Å². The molecule has 1 saturated heterocycles. The monoisotopic (exact) mass is 368 g/mol. The summed E-state index contributed by atoms with van der Waals surface area (Å²) in [6, 6.07) is 29.5. The molecule has 2 unspecified atom stereocenters. The van der Waals surface area contributed by atoms with Crippen LogP contribution >= 0.6 is 0 Å². The zero-order valence-corrected chi connectivity index (χ0v) is 16.2. The molecule has 0 aromatic heterocycles. The maximum Gasteiger partial charge on any atom is 0.247 e. The summed E-state index contributed by atoms with van der Waals surface area (Å²) in [7, 11) is 0. The third kappa shape index (κ3) is 2.46. The van der Waals surface area contributed by atoms with Crippen molar-refractivity contribution < 1.29 is 4.79 Å². The Hall–Kier alpha value is -3.07. The maximum atomic E-state index is 13.5. The molecule has 2 heterocycles. The van der Waals surface area contributed by atoms with Crippen molar-refractivity contribution in [1.29, 1.82) is 0 Å². The van der Waals surface area contributed by atoms with Crippen molar-refractivity contribution in [2.45, 2.75) is 32.2 Å². The van der Waals surface area contributed by atoms with Crippen molar-refractivity contribution in [2.75, 3.05) is 5.01 Å². The molecule has 28 heavy (non-hydrogen) atoms. The van der Waals surface area contributed by atoms with E-state index in [4.69, 9.17) is 0 Å². The van der Waals surface area contributed by atoms with Gasteiger partial charge in [0.25, 0.3) is 0 Å². The van der Waals surface area contributed by atoms with Gasteiger partial charge in [0.1, 0.15) is 0 Å². The van der Waals surface area contributed by atoms with Crippen LogP contribution in [0.25, 0.3) is 0 Å². The summed E-state index contributed by atoms with van der Waals surface area (Å²) in [6.07, 6.45) is 0.836. The first kappa shape index (κ1) is 17.1. The highest BCUT2D eigenvalue weighted by Crippen LogP contribution is 2.52. The molecule has 2 aliphatic heterocycles. The molecule has 0 aliphatic carbocycles. The minimum Gasteiger partial charge on any atom is -0.272 e. The second-order valence-corrected chi connectivity index (χ2v) is 8.40. The Morgan fingerprint density at radius 1 is 0.821 bits per heavy atom. The molecule has 0 radical (unpaired) electrons. The lowest BCUT2D eigenvalue weighted by Gasteiger charge is -2.46. The standard InChI is InChI=1S/C25H24N2O/c1-25(2)17-22-23(18-11-5-3-6-12-18)20-15-9-10-16-21(20)26(27(22)24(25)28)19-13-7-4-8-14-19/h3-16,22-23H,17H2,1-2H3. The molecule has 3 nitrogen and oxygen atoms in total. The molecule has 0 N–H and O–H groups in total. The number of amides is 1. The first-order valence-corrected chi connectivity index (χ1v) is 9.90. The molecule has 0 saturated carbocycles. The van der Waals surface area contributed by atoms with Gasteiger partial charge in [-0.1, -0.05) is 80.6 Å². The van der Waals surface area contributed by atoms with Crippen molar-refractivity contribution in [1.82, 2.24) is 5.01 Å². The van der Waals surface area contributed by atoms with Crippen LogP contribution in [0.1, 0.15) is 37.3 Å². The molecule has 3 heteroatoms. The quantitative estimate of drug-likeness (QED) is 0.595. The van der Waals surface area contributed by atoms with Crippen molar-refractivity contribution >= 4 is 17.3 Å². The van der Waals surface area contributed by atoms with Crippen molar-refractivity contribution in [2.24, 2.45) is 5.41 Å². The molecule has 5 rings (SSSR count). The third-order valence-corrected chi connectivity index (χ3v) is 6.08. The molecular weight excluding hydrogens is 344 g/mol. The van der Waals surface area contributed by atoms with E-state index in [1.165, 1.54) is 11.1 Å². The van der Waals surface area contributed by atoms with Gasteiger partial charge in [0, 0.05) is 11.3 Å². The van der Waals surface area contributed by atoms with E-state index in [2.05, 4.69) is 85.6 Å². The highest BCUT2D eigenvalue weighted by atomic mass is 16.2. The van der Waals surface area contributed by atoms with E-state index in [9.17, 15) is 4.79 Å². The molecule has 1 fully saturated rings. The van der Waals surface area contributed by atoms with Crippen molar-refractivity contribution in [3.05, 3.63) is 96.1 Å². The number of fused-ring (bicyclic) bond motifs is 2. The molecule has 0 spiro atoms. The second-order valence-electron chi connectivity index (χ2n) is 8.40. The second kappa shape index (κ2) is 6.23. The SMILES string of the molecule is CC1(C)CC2C(c3ccccc3)c3ccccc3N(c3ccccc3)N2C1=O. The number of hydrogen-bond acceptors (Lipinski definition) is 2. The fourth-order valence-electron chi connectivity index (χ4n) is 4.82. The number of carbonyl (C=O) groups excluding carboxylic acids is 1.